The first-order valence-corrected chi connectivity index (χ1v) is 3.96. The largest absolute Gasteiger partial charge is 0.366 e. The molecule has 0 radical (unpaired) electrons. The van der Waals surface area contributed by atoms with Gasteiger partial charge in [-0.3, -0.25) is 4.79 Å². The quantitative estimate of drug-likeness (QED) is 0.619. The molecule has 2 heteroatoms. The van der Waals surface area contributed by atoms with Gasteiger partial charge in [-0.2, -0.15) is 0 Å². The predicted octanol–water partition coefficient (Wildman–Crippen LogP) is 1.71. The number of carbonyl (C=O) groups excluding carboxylic acids is 1. The lowest BCUT2D eigenvalue weighted by Crippen LogP contribution is -2.11. The fourth-order valence-electron chi connectivity index (χ4n) is 1.16. The second-order valence-corrected chi connectivity index (χ2v) is 3.36. The van der Waals surface area contributed by atoms with Gasteiger partial charge in [0.2, 0.25) is 5.91 Å². The van der Waals surface area contributed by atoms with E-state index in [2.05, 4.69) is 27.7 Å². The van der Waals surface area contributed by atoms with Crippen LogP contribution in [0.1, 0.15) is 27.7 Å². The number of rotatable bonds is 3. The van der Waals surface area contributed by atoms with Gasteiger partial charge in [0.15, 0.2) is 0 Å². The van der Waals surface area contributed by atoms with Gasteiger partial charge in [-0.25, -0.2) is 0 Å². The smallest absolute Gasteiger partial charge is 0.241 e. The van der Waals surface area contributed by atoms with Crippen molar-refractivity contribution in [2.75, 3.05) is 0 Å². The van der Waals surface area contributed by atoms with E-state index in [1.165, 1.54) is 6.08 Å². The van der Waals surface area contributed by atoms with E-state index in [0.717, 1.165) is 5.57 Å². The number of hydrogen-bond donors (Lipinski definition) is 1. The molecule has 0 aliphatic carbocycles. The highest BCUT2D eigenvalue weighted by molar-refractivity contribution is 5.86. The number of amides is 1. The molecule has 0 rings (SSSR count). The van der Waals surface area contributed by atoms with E-state index in [4.69, 9.17) is 5.73 Å². The average Bonchev–Trinajstić information content (AvgIpc) is 1.81. The Labute approximate surface area is 68.5 Å². The molecule has 1 amide bonds. The lowest BCUT2D eigenvalue weighted by molar-refractivity contribution is -0.113. The molecule has 2 nitrogen and oxygen atoms in total. The maximum absolute atomic E-state index is 10.6. The highest BCUT2D eigenvalue weighted by Gasteiger charge is 2.08. The molecule has 0 saturated heterocycles. The Morgan fingerprint density at radius 1 is 1.18 bits per heavy atom. The van der Waals surface area contributed by atoms with Gasteiger partial charge in [-0.1, -0.05) is 33.3 Å². The van der Waals surface area contributed by atoms with Crippen molar-refractivity contribution in [3.05, 3.63) is 11.6 Å². The van der Waals surface area contributed by atoms with E-state index in [1.54, 1.807) is 0 Å². The summed E-state index contributed by atoms with van der Waals surface area (Å²) >= 11 is 0. The molecule has 0 aromatic rings. The number of hydrogen-bond acceptors (Lipinski definition) is 1. The highest BCUT2D eigenvalue weighted by Crippen LogP contribution is 2.18. The standard InChI is InChI=1S/C9H17NO/c1-6(2)8(7(3)4)5-9(10)11/h5-7H,1-4H3,(H2,10,11). The minimum atomic E-state index is -0.345. The molecule has 0 aliphatic heterocycles. The summed E-state index contributed by atoms with van der Waals surface area (Å²) in [6.07, 6.45) is 1.54. The fourth-order valence-corrected chi connectivity index (χ4v) is 1.16. The van der Waals surface area contributed by atoms with Crippen LogP contribution in [0.15, 0.2) is 11.6 Å². The molecule has 0 spiro atoms. The zero-order chi connectivity index (χ0) is 9.02. The zero-order valence-electron chi connectivity index (χ0n) is 7.72. The molecule has 64 valence electrons. The summed E-state index contributed by atoms with van der Waals surface area (Å²) in [7, 11) is 0. The lowest BCUT2D eigenvalue weighted by atomic mass is 9.92. The number of primary amides is 1. The molecule has 0 fully saturated rings. The summed E-state index contributed by atoms with van der Waals surface area (Å²) in [5.74, 6) is 0.465. The van der Waals surface area contributed by atoms with Gasteiger partial charge in [0.1, 0.15) is 0 Å². The monoisotopic (exact) mass is 155 g/mol. The summed E-state index contributed by atoms with van der Waals surface area (Å²) in [6, 6.07) is 0. The van der Waals surface area contributed by atoms with Crippen molar-refractivity contribution < 1.29 is 4.79 Å². The van der Waals surface area contributed by atoms with Crippen LogP contribution in [0.3, 0.4) is 0 Å². The molecule has 0 bridgehead atoms. The maximum atomic E-state index is 10.6. The summed E-state index contributed by atoms with van der Waals surface area (Å²) in [5.41, 5.74) is 6.18. The van der Waals surface area contributed by atoms with Crippen molar-refractivity contribution in [2.24, 2.45) is 17.6 Å². The normalized spacial score (nSPS) is 10.4. The molecule has 0 aromatic heterocycles. The molecular formula is C9H17NO. The van der Waals surface area contributed by atoms with Crippen LogP contribution in [0.25, 0.3) is 0 Å². The SMILES string of the molecule is CC(C)C(=CC(N)=O)C(C)C. The Bertz CT molecular complexity index is 158. The van der Waals surface area contributed by atoms with Crippen LogP contribution in [-0.2, 0) is 4.79 Å². The van der Waals surface area contributed by atoms with E-state index in [-0.39, 0.29) is 5.91 Å². The van der Waals surface area contributed by atoms with Gasteiger partial charge in [0.25, 0.3) is 0 Å². The van der Waals surface area contributed by atoms with Crippen molar-refractivity contribution in [3.63, 3.8) is 0 Å². The Morgan fingerprint density at radius 3 is 1.64 bits per heavy atom. The van der Waals surface area contributed by atoms with Gasteiger partial charge in [0, 0.05) is 6.08 Å². The fraction of sp³-hybridized carbons (Fsp3) is 0.667. The van der Waals surface area contributed by atoms with Crippen LogP contribution in [0, 0.1) is 11.8 Å². The summed E-state index contributed by atoms with van der Waals surface area (Å²) in [5, 5.41) is 0. The molecule has 11 heavy (non-hydrogen) atoms. The first kappa shape index (κ1) is 10.2. The van der Waals surface area contributed by atoms with Crippen LogP contribution in [0.4, 0.5) is 0 Å². The summed E-state index contributed by atoms with van der Waals surface area (Å²) in [4.78, 5) is 10.6. The van der Waals surface area contributed by atoms with Crippen LogP contribution in [-0.4, -0.2) is 5.91 Å². The van der Waals surface area contributed by atoms with Gasteiger partial charge in [0.05, 0.1) is 0 Å². The van der Waals surface area contributed by atoms with Crippen LogP contribution in [0.2, 0.25) is 0 Å². The van der Waals surface area contributed by atoms with Gasteiger partial charge >= 0.3 is 0 Å². The third kappa shape index (κ3) is 3.81. The number of allylic oxidation sites excluding steroid dienone is 1. The van der Waals surface area contributed by atoms with Crippen LogP contribution in [0.5, 0.6) is 0 Å². The van der Waals surface area contributed by atoms with Gasteiger partial charge in [-0.15, -0.1) is 0 Å². The average molecular weight is 155 g/mol. The Morgan fingerprint density at radius 2 is 1.55 bits per heavy atom. The second-order valence-electron chi connectivity index (χ2n) is 3.36. The molecule has 0 saturated carbocycles. The van der Waals surface area contributed by atoms with Crippen LogP contribution < -0.4 is 5.73 Å². The predicted molar refractivity (Wildman–Crippen MR) is 47.0 cm³/mol. The lowest BCUT2D eigenvalue weighted by Gasteiger charge is -2.14. The molecule has 0 heterocycles. The molecule has 2 N–H and O–H groups in total. The summed E-state index contributed by atoms with van der Waals surface area (Å²) in [6.45, 7) is 8.26. The van der Waals surface area contributed by atoms with Crippen molar-refractivity contribution >= 4 is 5.91 Å². The van der Waals surface area contributed by atoms with E-state index < -0.39 is 0 Å². The number of carbonyl (C=O) groups is 1. The van der Waals surface area contributed by atoms with Crippen molar-refractivity contribution in [1.29, 1.82) is 0 Å². The van der Waals surface area contributed by atoms with Gasteiger partial charge < -0.3 is 5.73 Å². The summed E-state index contributed by atoms with van der Waals surface area (Å²) < 4.78 is 0. The van der Waals surface area contributed by atoms with Crippen molar-refractivity contribution in [3.8, 4) is 0 Å². The minimum Gasteiger partial charge on any atom is -0.366 e. The Hall–Kier alpha value is -0.790. The Kier molecular flexibility index (Phi) is 3.86. The molecule has 0 aliphatic rings. The molecule has 0 atom stereocenters. The van der Waals surface area contributed by atoms with Crippen LogP contribution >= 0.6 is 0 Å². The van der Waals surface area contributed by atoms with Crippen molar-refractivity contribution in [2.45, 2.75) is 27.7 Å². The van der Waals surface area contributed by atoms with E-state index in [1.807, 2.05) is 0 Å². The molecule has 0 aromatic carbocycles. The third-order valence-electron chi connectivity index (χ3n) is 1.64. The number of nitrogens with two attached hydrogens (primary N) is 1. The van der Waals surface area contributed by atoms with E-state index >= 15 is 0 Å². The maximum Gasteiger partial charge on any atom is 0.241 e. The minimum absolute atomic E-state index is 0.345. The van der Waals surface area contributed by atoms with E-state index in [9.17, 15) is 4.79 Å². The Balaban J connectivity index is 4.46. The first-order valence-electron chi connectivity index (χ1n) is 3.96. The second kappa shape index (κ2) is 4.16. The van der Waals surface area contributed by atoms with Crippen molar-refractivity contribution in [1.82, 2.24) is 0 Å². The third-order valence-corrected chi connectivity index (χ3v) is 1.64. The first-order chi connectivity index (χ1) is 4.95. The molecular weight excluding hydrogens is 138 g/mol. The van der Waals surface area contributed by atoms with E-state index in [0.29, 0.717) is 11.8 Å². The van der Waals surface area contributed by atoms with Gasteiger partial charge in [-0.05, 0) is 11.8 Å². The zero-order valence-corrected chi connectivity index (χ0v) is 7.72. The molecule has 0 unspecified atom stereocenters. The topological polar surface area (TPSA) is 43.1 Å². The highest BCUT2D eigenvalue weighted by atomic mass is 16.1.